The van der Waals surface area contributed by atoms with Gasteiger partial charge in [0.15, 0.2) is 0 Å². The van der Waals surface area contributed by atoms with Crippen LogP contribution in [-0.2, 0) is 4.93 Å². The Bertz CT molecular complexity index is 205. The van der Waals surface area contributed by atoms with E-state index in [9.17, 15) is 5.11 Å². The summed E-state index contributed by atoms with van der Waals surface area (Å²) in [7, 11) is 0. The fourth-order valence-electron chi connectivity index (χ4n) is 0.643. The minimum absolute atomic E-state index is 0.707. The zero-order chi connectivity index (χ0) is 7.61. The number of hydrogen-bond donors (Lipinski definition) is 2. The molecule has 0 spiro atoms. The molecule has 1 aromatic heterocycles. The Morgan fingerprint density at radius 3 is 2.70 bits per heavy atom. The molecule has 2 nitrogen and oxygen atoms in total. The molecular formula is C7H9NOS. The van der Waals surface area contributed by atoms with E-state index in [0.717, 1.165) is 0 Å². The van der Waals surface area contributed by atoms with Crippen LogP contribution in [0.3, 0.4) is 0 Å². The van der Waals surface area contributed by atoms with Crippen LogP contribution in [0.15, 0.2) is 24.5 Å². The Balaban J connectivity index is 2.97. The Labute approximate surface area is 65.3 Å². The van der Waals surface area contributed by atoms with Gasteiger partial charge in [-0.2, -0.15) is 0 Å². The van der Waals surface area contributed by atoms with Gasteiger partial charge in [-0.15, -0.1) is 12.6 Å². The third kappa shape index (κ3) is 1.72. The summed E-state index contributed by atoms with van der Waals surface area (Å²) in [6.45, 7) is 1.60. The molecule has 54 valence electrons. The van der Waals surface area contributed by atoms with Gasteiger partial charge < -0.3 is 5.11 Å². The molecule has 10 heavy (non-hydrogen) atoms. The summed E-state index contributed by atoms with van der Waals surface area (Å²) >= 11 is 3.96. The van der Waals surface area contributed by atoms with E-state index in [4.69, 9.17) is 0 Å². The molecule has 0 fully saturated rings. The third-order valence-electron chi connectivity index (χ3n) is 1.21. The molecule has 0 aliphatic rings. The first-order chi connectivity index (χ1) is 4.61. The van der Waals surface area contributed by atoms with Crippen molar-refractivity contribution >= 4 is 12.6 Å². The monoisotopic (exact) mass is 155 g/mol. The predicted octanol–water partition coefficient (Wildman–Crippen LogP) is 1.18. The van der Waals surface area contributed by atoms with Crippen LogP contribution in [0.25, 0.3) is 0 Å². The van der Waals surface area contributed by atoms with Crippen LogP contribution in [0.2, 0.25) is 0 Å². The molecule has 0 saturated carbocycles. The highest BCUT2D eigenvalue weighted by atomic mass is 32.1. The smallest absolute Gasteiger partial charge is 0.131 e. The fourth-order valence-corrected chi connectivity index (χ4v) is 0.775. The number of aromatic nitrogens is 1. The Hall–Kier alpha value is -0.540. The second-order valence-electron chi connectivity index (χ2n) is 2.26. The molecule has 3 heteroatoms. The SMILES string of the molecule is CC(O)(S)c1cccnc1. The van der Waals surface area contributed by atoms with E-state index in [-0.39, 0.29) is 0 Å². The lowest BCUT2D eigenvalue weighted by Crippen LogP contribution is -2.11. The van der Waals surface area contributed by atoms with Crippen LogP contribution in [0.5, 0.6) is 0 Å². The van der Waals surface area contributed by atoms with Crippen LogP contribution in [-0.4, -0.2) is 10.1 Å². The lowest BCUT2D eigenvalue weighted by atomic mass is 10.2. The number of aliphatic hydroxyl groups is 1. The number of rotatable bonds is 1. The van der Waals surface area contributed by atoms with E-state index in [2.05, 4.69) is 17.6 Å². The van der Waals surface area contributed by atoms with Crippen molar-refractivity contribution in [3.63, 3.8) is 0 Å². The second-order valence-corrected chi connectivity index (χ2v) is 3.13. The molecule has 0 aliphatic carbocycles. The first kappa shape index (κ1) is 7.57. The van der Waals surface area contributed by atoms with Crippen molar-refractivity contribution in [2.75, 3.05) is 0 Å². The van der Waals surface area contributed by atoms with Crippen molar-refractivity contribution in [3.8, 4) is 0 Å². The van der Waals surface area contributed by atoms with E-state index in [1.165, 1.54) is 0 Å². The summed E-state index contributed by atoms with van der Waals surface area (Å²) in [5, 5.41) is 9.31. The molecule has 0 aliphatic heterocycles. The highest BCUT2D eigenvalue weighted by molar-refractivity contribution is 7.81. The minimum Gasteiger partial charge on any atom is -0.376 e. The normalized spacial score (nSPS) is 16.3. The maximum Gasteiger partial charge on any atom is 0.131 e. The van der Waals surface area contributed by atoms with Gasteiger partial charge in [-0.1, -0.05) is 6.07 Å². The topological polar surface area (TPSA) is 33.1 Å². The number of hydrogen-bond acceptors (Lipinski definition) is 3. The van der Waals surface area contributed by atoms with Gasteiger partial charge in [0.25, 0.3) is 0 Å². The second kappa shape index (κ2) is 2.60. The summed E-state index contributed by atoms with van der Waals surface area (Å²) in [6.07, 6.45) is 3.25. The molecule has 1 atom stereocenters. The average molecular weight is 155 g/mol. The van der Waals surface area contributed by atoms with Gasteiger partial charge in [-0.05, 0) is 13.0 Å². The number of thiol groups is 1. The van der Waals surface area contributed by atoms with E-state index in [1.54, 1.807) is 31.5 Å². The molecule has 1 N–H and O–H groups in total. The maximum absolute atomic E-state index is 9.31. The van der Waals surface area contributed by atoms with Crippen molar-refractivity contribution in [1.82, 2.24) is 4.98 Å². The molecule has 0 aromatic carbocycles. The lowest BCUT2D eigenvalue weighted by molar-refractivity contribution is 0.161. The minimum atomic E-state index is -1.08. The van der Waals surface area contributed by atoms with E-state index >= 15 is 0 Å². The summed E-state index contributed by atoms with van der Waals surface area (Å²) in [5.74, 6) is 0. The van der Waals surface area contributed by atoms with Gasteiger partial charge >= 0.3 is 0 Å². The molecule has 0 saturated heterocycles. The molecule has 1 rings (SSSR count). The van der Waals surface area contributed by atoms with Crippen LogP contribution in [0, 0.1) is 0 Å². The summed E-state index contributed by atoms with van der Waals surface area (Å²) in [5.41, 5.74) is 0.707. The molecule has 0 amide bonds. The van der Waals surface area contributed by atoms with Crippen LogP contribution in [0.4, 0.5) is 0 Å². The quantitative estimate of drug-likeness (QED) is 0.471. The first-order valence-corrected chi connectivity index (χ1v) is 3.40. The van der Waals surface area contributed by atoms with Crippen molar-refractivity contribution in [3.05, 3.63) is 30.1 Å². The van der Waals surface area contributed by atoms with Crippen molar-refractivity contribution in [2.45, 2.75) is 11.9 Å². The average Bonchev–Trinajstić information content (AvgIpc) is 1.88. The Kier molecular flexibility index (Phi) is 1.97. The first-order valence-electron chi connectivity index (χ1n) is 2.96. The Morgan fingerprint density at radius 1 is 1.70 bits per heavy atom. The largest absolute Gasteiger partial charge is 0.376 e. The Morgan fingerprint density at radius 2 is 2.40 bits per heavy atom. The van der Waals surface area contributed by atoms with Gasteiger partial charge in [0.2, 0.25) is 0 Å². The van der Waals surface area contributed by atoms with Crippen LogP contribution < -0.4 is 0 Å². The molecule has 1 heterocycles. The lowest BCUT2D eigenvalue weighted by Gasteiger charge is -2.14. The maximum atomic E-state index is 9.31. The van der Waals surface area contributed by atoms with Crippen molar-refractivity contribution in [1.29, 1.82) is 0 Å². The van der Waals surface area contributed by atoms with Crippen molar-refractivity contribution in [2.24, 2.45) is 0 Å². The van der Waals surface area contributed by atoms with Gasteiger partial charge in [0.1, 0.15) is 4.93 Å². The summed E-state index contributed by atoms with van der Waals surface area (Å²) < 4.78 is 0. The van der Waals surface area contributed by atoms with E-state index in [0.29, 0.717) is 5.56 Å². The molecule has 0 radical (unpaired) electrons. The summed E-state index contributed by atoms with van der Waals surface area (Å²) in [4.78, 5) is 2.77. The molecule has 1 aromatic rings. The molecule has 0 bridgehead atoms. The van der Waals surface area contributed by atoms with E-state index < -0.39 is 4.93 Å². The zero-order valence-electron chi connectivity index (χ0n) is 5.65. The standard InChI is InChI=1S/C7H9NOS/c1-7(9,10)6-3-2-4-8-5-6/h2-5,9-10H,1H3. The van der Waals surface area contributed by atoms with Crippen molar-refractivity contribution < 1.29 is 5.11 Å². The number of nitrogens with zero attached hydrogens (tertiary/aromatic N) is 1. The van der Waals surface area contributed by atoms with Crippen LogP contribution >= 0.6 is 12.6 Å². The molecular weight excluding hydrogens is 146 g/mol. The van der Waals surface area contributed by atoms with E-state index in [1.807, 2.05) is 0 Å². The van der Waals surface area contributed by atoms with Gasteiger partial charge in [0, 0.05) is 18.0 Å². The zero-order valence-corrected chi connectivity index (χ0v) is 6.55. The predicted molar refractivity (Wildman–Crippen MR) is 42.8 cm³/mol. The fraction of sp³-hybridized carbons (Fsp3) is 0.286. The third-order valence-corrected chi connectivity index (χ3v) is 1.47. The van der Waals surface area contributed by atoms with Gasteiger partial charge in [-0.3, -0.25) is 4.98 Å². The highest BCUT2D eigenvalue weighted by Gasteiger charge is 2.15. The van der Waals surface area contributed by atoms with Gasteiger partial charge in [-0.25, -0.2) is 0 Å². The van der Waals surface area contributed by atoms with Gasteiger partial charge in [0.05, 0.1) is 0 Å². The highest BCUT2D eigenvalue weighted by Crippen LogP contribution is 2.22. The van der Waals surface area contributed by atoms with Crippen LogP contribution in [0.1, 0.15) is 12.5 Å². The summed E-state index contributed by atoms with van der Waals surface area (Å²) in [6, 6.07) is 3.54. The number of pyridine rings is 1. The molecule has 1 unspecified atom stereocenters.